The zero-order valence-electron chi connectivity index (χ0n) is 9.03. The van der Waals surface area contributed by atoms with Gasteiger partial charge in [0.15, 0.2) is 0 Å². The normalized spacial score (nSPS) is 25.4. The molecule has 1 fully saturated rings. The molecule has 0 aliphatic carbocycles. The van der Waals surface area contributed by atoms with E-state index in [-0.39, 0.29) is 5.60 Å². The summed E-state index contributed by atoms with van der Waals surface area (Å²) >= 11 is 0. The van der Waals surface area contributed by atoms with Gasteiger partial charge in [-0.25, -0.2) is 0 Å². The summed E-state index contributed by atoms with van der Waals surface area (Å²) in [7, 11) is 1.75. The predicted octanol–water partition coefficient (Wildman–Crippen LogP) is 1.44. The highest BCUT2D eigenvalue weighted by molar-refractivity contribution is 5.21. The summed E-state index contributed by atoms with van der Waals surface area (Å²) in [5, 5.41) is 3.30. The van der Waals surface area contributed by atoms with E-state index >= 15 is 0 Å². The Morgan fingerprint density at radius 2 is 2.13 bits per heavy atom. The molecule has 0 spiro atoms. The molecule has 1 atom stereocenters. The fraction of sp³-hybridized carbons (Fsp3) is 0.500. The number of ether oxygens (including phenoxy) is 2. The minimum absolute atomic E-state index is 0.143. The molecule has 1 saturated heterocycles. The highest BCUT2D eigenvalue weighted by Gasteiger charge is 2.34. The monoisotopic (exact) mass is 207 g/mol. The lowest BCUT2D eigenvalue weighted by molar-refractivity contribution is -0.0282. The maximum atomic E-state index is 5.72. The Bertz CT molecular complexity index is 294. The molecule has 0 radical (unpaired) electrons. The summed E-state index contributed by atoms with van der Waals surface area (Å²) in [4.78, 5) is 0. The lowest BCUT2D eigenvalue weighted by Crippen LogP contribution is -2.40. The first-order chi connectivity index (χ1) is 7.35. The summed E-state index contributed by atoms with van der Waals surface area (Å²) in [6, 6.07) is 9.86. The van der Waals surface area contributed by atoms with Crippen molar-refractivity contribution in [1.82, 2.24) is 5.32 Å². The minimum atomic E-state index is -0.143. The molecule has 1 aromatic rings. The summed E-state index contributed by atoms with van der Waals surface area (Å²) in [5.41, 5.74) is -0.143. The van der Waals surface area contributed by atoms with Crippen LogP contribution in [-0.4, -0.2) is 32.4 Å². The molecule has 0 amide bonds. The molecule has 2 rings (SSSR count). The molecule has 1 aliphatic rings. The first-order valence-electron chi connectivity index (χ1n) is 5.28. The third-order valence-electron chi connectivity index (χ3n) is 2.88. The Morgan fingerprint density at radius 1 is 1.33 bits per heavy atom. The molecule has 3 heteroatoms. The average molecular weight is 207 g/mol. The average Bonchev–Trinajstić information content (AvgIpc) is 2.77. The maximum Gasteiger partial charge on any atom is 0.119 e. The van der Waals surface area contributed by atoms with Gasteiger partial charge in [0, 0.05) is 13.7 Å². The van der Waals surface area contributed by atoms with Gasteiger partial charge in [0.25, 0.3) is 0 Å². The van der Waals surface area contributed by atoms with Crippen LogP contribution in [0.3, 0.4) is 0 Å². The van der Waals surface area contributed by atoms with Gasteiger partial charge in [0.2, 0.25) is 0 Å². The van der Waals surface area contributed by atoms with Crippen molar-refractivity contribution in [1.29, 1.82) is 0 Å². The SMILES string of the molecule is COC1(COc2ccccc2)CCNC1. The Balaban J connectivity index is 1.92. The van der Waals surface area contributed by atoms with E-state index in [1.54, 1.807) is 7.11 Å². The molecule has 0 aromatic heterocycles. The van der Waals surface area contributed by atoms with Crippen molar-refractivity contribution in [3.05, 3.63) is 30.3 Å². The Labute approximate surface area is 90.4 Å². The number of benzene rings is 1. The van der Waals surface area contributed by atoms with Gasteiger partial charge in [0.05, 0.1) is 0 Å². The van der Waals surface area contributed by atoms with Gasteiger partial charge in [-0.2, -0.15) is 0 Å². The van der Waals surface area contributed by atoms with Crippen LogP contribution in [0, 0.1) is 0 Å². The van der Waals surface area contributed by atoms with Crippen LogP contribution in [0.25, 0.3) is 0 Å². The number of hydrogen-bond donors (Lipinski definition) is 1. The second-order valence-corrected chi connectivity index (χ2v) is 3.92. The lowest BCUT2D eigenvalue weighted by Gasteiger charge is -2.26. The summed E-state index contributed by atoms with van der Waals surface area (Å²) in [6.07, 6.45) is 1.01. The zero-order chi connectivity index (χ0) is 10.6. The molecule has 15 heavy (non-hydrogen) atoms. The van der Waals surface area contributed by atoms with Crippen LogP contribution < -0.4 is 10.1 Å². The van der Waals surface area contributed by atoms with Crippen molar-refractivity contribution < 1.29 is 9.47 Å². The van der Waals surface area contributed by atoms with E-state index in [4.69, 9.17) is 9.47 Å². The van der Waals surface area contributed by atoms with Crippen molar-refractivity contribution in [2.75, 3.05) is 26.8 Å². The Morgan fingerprint density at radius 3 is 2.73 bits per heavy atom. The van der Waals surface area contributed by atoms with Crippen LogP contribution in [0.15, 0.2) is 30.3 Å². The second kappa shape index (κ2) is 4.64. The van der Waals surface area contributed by atoms with E-state index < -0.39 is 0 Å². The molecule has 1 aliphatic heterocycles. The highest BCUT2D eigenvalue weighted by Crippen LogP contribution is 2.20. The number of nitrogens with one attached hydrogen (secondary N) is 1. The van der Waals surface area contributed by atoms with E-state index in [0.717, 1.165) is 25.3 Å². The van der Waals surface area contributed by atoms with Crippen LogP contribution in [-0.2, 0) is 4.74 Å². The van der Waals surface area contributed by atoms with Crippen LogP contribution in [0.2, 0.25) is 0 Å². The van der Waals surface area contributed by atoms with Crippen molar-refractivity contribution in [3.63, 3.8) is 0 Å². The van der Waals surface area contributed by atoms with Crippen molar-refractivity contribution in [3.8, 4) is 5.75 Å². The molecule has 3 nitrogen and oxygen atoms in total. The van der Waals surface area contributed by atoms with Crippen molar-refractivity contribution >= 4 is 0 Å². The lowest BCUT2D eigenvalue weighted by atomic mass is 10.1. The molecule has 1 heterocycles. The van der Waals surface area contributed by atoms with Gasteiger partial charge < -0.3 is 14.8 Å². The van der Waals surface area contributed by atoms with E-state index in [1.165, 1.54) is 0 Å². The number of para-hydroxylation sites is 1. The van der Waals surface area contributed by atoms with Gasteiger partial charge in [-0.3, -0.25) is 0 Å². The topological polar surface area (TPSA) is 30.5 Å². The summed E-state index contributed by atoms with van der Waals surface area (Å²) < 4.78 is 11.3. The standard InChI is InChI=1S/C12H17NO2/c1-14-12(7-8-13-9-12)10-15-11-5-3-2-4-6-11/h2-6,13H,7-10H2,1H3. The fourth-order valence-corrected chi connectivity index (χ4v) is 1.81. The van der Waals surface area contributed by atoms with Crippen LogP contribution in [0.1, 0.15) is 6.42 Å². The Kier molecular flexibility index (Phi) is 3.23. The Hall–Kier alpha value is -1.06. The molecule has 0 bridgehead atoms. The third kappa shape index (κ3) is 2.49. The van der Waals surface area contributed by atoms with Gasteiger partial charge in [0.1, 0.15) is 18.0 Å². The molecular weight excluding hydrogens is 190 g/mol. The summed E-state index contributed by atoms with van der Waals surface area (Å²) in [6.45, 7) is 2.49. The summed E-state index contributed by atoms with van der Waals surface area (Å²) in [5.74, 6) is 0.904. The van der Waals surface area contributed by atoms with Gasteiger partial charge in [-0.05, 0) is 25.1 Å². The predicted molar refractivity (Wildman–Crippen MR) is 59.2 cm³/mol. The zero-order valence-corrected chi connectivity index (χ0v) is 9.03. The van der Waals surface area contributed by atoms with Crippen LogP contribution >= 0.6 is 0 Å². The smallest absolute Gasteiger partial charge is 0.119 e. The first-order valence-corrected chi connectivity index (χ1v) is 5.28. The molecule has 1 N–H and O–H groups in total. The van der Waals surface area contributed by atoms with Gasteiger partial charge in [-0.15, -0.1) is 0 Å². The quantitative estimate of drug-likeness (QED) is 0.810. The van der Waals surface area contributed by atoms with Gasteiger partial charge in [-0.1, -0.05) is 18.2 Å². The minimum Gasteiger partial charge on any atom is -0.491 e. The molecule has 82 valence electrons. The van der Waals surface area contributed by atoms with Crippen LogP contribution in [0.4, 0.5) is 0 Å². The van der Waals surface area contributed by atoms with E-state index in [0.29, 0.717) is 6.61 Å². The number of methoxy groups -OCH3 is 1. The second-order valence-electron chi connectivity index (χ2n) is 3.92. The van der Waals surface area contributed by atoms with Crippen molar-refractivity contribution in [2.45, 2.75) is 12.0 Å². The molecule has 0 saturated carbocycles. The van der Waals surface area contributed by atoms with Crippen LogP contribution in [0.5, 0.6) is 5.75 Å². The fourth-order valence-electron chi connectivity index (χ4n) is 1.81. The maximum absolute atomic E-state index is 5.72. The number of rotatable bonds is 4. The molecular formula is C12H17NO2. The van der Waals surface area contributed by atoms with E-state index in [9.17, 15) is 0 Å². The van der Waals surface area contributed by atoms with Crippen molar-refractivity contribution in [2.24, 2.45) is 0 Å². The van der Waals surface area contributed by atoms with Gasteiger partial charge >= 0.3 is 0 Å². The van der Waals surface area contributed by atoms with E-state index in [1.807, 2.05) is 30.3 Å². The third-order valence-corrected chi connectivity index (χ3v) is 2.88. The highest BCUT2D eigenvalue weighted by atomic mass is 16.5. The number of hydrogen-bond acceptors (Lipinski definition) is 3. The first kappa shape index (κ1) is 10.5. The van der Waals surface area contributed by atoms with E-state index in [2.05, 4.69) is 5.32 Å². The largest absolute Gasteiger partial charge is 0.491 e. The molecule has 1 unspecified atom stereocenters. The molecule has 1 aromatic carbocycles.